The lowest BCUT2D eigenvalue weighted by molar-refractivity contribution is 0.483. The maximum Gasteiger partial charge on any atom is 0.137 e. The molecule has 0 amide bonds. The largest absolute Gasteiger partial charge is 0.457 e. The number of pyridine rings is 1. The number of rotatable bonds is 5. The molecule has 0 atom stereocenters. The molecule has 2 aromatic heterocycles. The van der Waals surface area contributed by atoms with E-state index in [0.717, 1.165) is 40.7 Å². The van der Waals surface area contributed by atoms with Gasteiger partial charge in [-0.05, 0) is 66.7 Å². The minimum Gasteiger partial charge on any atom is -0.457 e. The average molecular weight is 531 g/mol. The van der Waals surface area contributed by atoms with E-state index in [9.17, 15) is 0 Å². The van der Waals surface area contributed by atoms with E-state index in [2.05, 4.69) is 129 Å². The first-order valence-corrected chi connectivity index (χ1v) is 13.8. The fourth-order valence-electron chi connectivity index (χ4n) is 5.86. The molecule has 5 nitrogen and oxygen atoms in total. The molecule has 0 spiro atoms. The first kappa shape index (κ1) is 23.3. The van der Waals surface area contributed by atoms with Gasteiger partial charge in [-0.25, -0.2) is 4.98 Å². The standard InChI is InChI=1S/C36H26N4O/c1-2-11-26(12-3-1)38-25-39(34-18-7-6-17-33(34)38)27-13-10-14-28(23-27)41-29-20-21-31-30-15-4-5-16-32(30)40(35(31)24-29)36-19-8-9-22-37-36/h1-24H,25H2. The minimum absolute atomic E-state index is 0.725. The van der Waals surface area contributed by atoms with E-state index in [1.807, 2.05) is 36.5 Å². The van der Waals surface area contributed by atoms with Gasteiger partial charge < -0.3 is 14.5 Å². The normalized spacial score (nSPS) is 12.7. The predicted octanol–water partition coefficient (Wildman–Crippen LogP) is 9.22. The van der Waals surface area contributed by atoms with Crippen LogP contribution >= 0.6 is 0 Å². The van der Waals surface area contributed by atoms with Crippen molar-refractivity contribution in [2.24, 2.45) is 0 Å². The fourth-order valence-corrected chi connectivity index (χ4v) is 5.86. The summed E-state index contributed by atoms with van der Waals surface area (Å²) in [6.07, 6.45) is 1.83. The molecule has 0 saturated carbocycles. The Hall–Kier alpha value is -5.55. The second-order valence-electron chi connectivity index (χ2n) is 10.1. The van der Waals surface area contributed by atoms with Crippen molar-refractivity contribution < 1.29 is 4.74 Å². The number of benzene rings is 5. The predicted molar refractivity (Wildman–Crippen MR) is 167 cm³/mol. The maximum absolute atomic E-state index is 6.50. The molecule has 1 aliphatic rings. The number of nitrogens with zero attached hydrogens (tertiary/aromatic N) is 4. The molecule has 0 fully saturated rings. The number of fused-ring (bicyclic) bond motifs is 4. The van der Waals surface area contributed by atoms with Gasteiger partial charge in [-0.2, -0.15) is 0 Å². The van der Waals surface area contributed by atoms with E-state index in [4.69, 9.17) is 4.74 Å². The molecule has 7 aromatic rings. The van der Waals surface area contributed by atoms with Gasteiger partial charge in [-0.15, -0.1) is 0 Å². The number of hydrogen-bond donors (Lipinski definition) is 0. The molecule has 0 saturated heterocycles. The highest BCUT2D eigenvalue weighted by Gasteiger charge is 2.27. The number of aromatic nitrogens is 2. The summed E-state index contributed by atoms with van der Waals surface area (Å²) in [7, 11) is 0. The smallest absolute Gasteiger partial charge is 0.137 e. The van der Waals surface area contributed by atoms with Gasteiger partial charge in [-0.3, -0.25) is 4.57 Å². The third-order valence-corrected chi connectivity index (χ3v) is 7.70. The van der Waals surface area contributed by atoms with Crippen LogP contribution in [0.5, 0.6) is 11.5 Å². The SMILES string of the molecule is c1ccc(N2CN(c3cccc(Oc4ccc5c6ccccc6n(-c6ccccn6)c5c4)c3)c3ccccc32)cc1. The van der Waals surface area contributed by atoms with E-state index >= 15 is 0 Å². The highest BCUT2D eigenvalue weighted by Crippen LogP contribution is 2.44. The van der Waals surface area contributed by atoms with Crippen molar-refractivity contribution in [3.05, 3.63) is 146 Å². The lowest BCUT2D eigenvalue weighted by Crippen LogP contribution is -2.23. The quantitative estimate of drug-likeness (QED) is 0.222. The Kier molecular flexibility index (Phi) is 5.45. The number of ether oxygens (including phenoxy) is 1. The molecule has 0 aliphatic carbocycles. The Labute approximate surface area is 238 Å². The van der Waals surface area contributed by atoms with E-state index in [1.165, 1.54) is 27.8 Å². The lowest BCUT2D eigenvalue weighted by atomic mass is 10.1. The Morgan fingerprint density at radius 1 is 0.512 bits per heavy atom. The second-order valence-corrected chi connectivity index (χ2v) is 10.1. The second kappa shape index (κ2) is 9.57. The Bertz CT molecular complexity index is 2020. The van der Waals surface area contributed by atoms with Gasteiger partial charge in [0.1, 0.15) is 24.0 Å². The molecule has 1 aliphatic heterocycles. The highest BCUT2D eigenvalue weighted by atomic mass is 16.5. The van der Waals surface area contributed by atoms with Gasteiger partial charge in [0.25, 0.3) is 0 Å². The highest BCUT2D eigenvalue weighted by molar-refractivity contribution is 6.09. The van der Waals surface area contributed by atoms with Crippen molar-refractivity contribution in [3.63, 3.8) is 0 Å². The number of para-hydroxylation sites is 4. The van der Waals surface area contributed by atoms with Gasteiger partial charge in [0.2, 0.25) is 0 Å². The minimum atomic E-state index is 0.725. The van der Waals surface area contributed by atoms with Gasteiger partial charge in [0.15, 0.2) is 0 Å². The molecule has 0 bridgehead atoms. The molecule has 3 heterocycles. The van der Waals surface area contributed by atoms with Crippen LogP contribution in [0.2, 0.25) is 0 Å². The van der Waals surface area contributed by atoms with Crippen molar-refractivity contribution in [1.29, 1.82) is 0 Å². The summed E-state index contributed by atoms with van der Waals surface area (Å²) in [5.74, 6) is 2.45. The molecule has 5 aromatic carbocycles. The van der Waals surface area contributed by atoms with Crippen LogP contribution in [0.4, 0.5) is 22.7 Å². The van der Waals surface area contributed by atoms with Crippen molar-refractivity contribution in [2.45, 2.75) is 0 Å². The van der Waals surface area contributed by atoms with Crippen molar-refractivity contribution >= 4 is 44.6 Å². The van der Waals surface area contributed by atoms with E-state index < -0.39 is 0 Å². The third-order valence-electron chi connectivity index (χ3n) is 7.70. The maximum atomic E-state index is 6.50. The number of hydrogen-bond acceptors (Lipinski definition) is 4. The molecule has 196 valence electrons. The lowest BCUT2D eigenvalue weighted by Gasteiger charge is -2.22. The van der Waals surface area contributed by atoms with E-state index in [1.54, 1.807) is 0 Å². The van der Waals surface area contributed by atoms with Crippen molar-refractivity contribution in [2.75, 3.05) is 16.5 Å². The van der Waals surface area contributed by atoms with Crippen LogP contribution in [0.1, 0.15) is 0 Å². The summed E-state index contributed by atoms with van der Waals surface area (Å²) in [6.45, 7) is 0.725. The van der Waals surface area contributed by atoms with E-state index in [-0.39, 0.29) is 0 Å². The zero-order chi connectivity index (χ0) is 27.2. The first-order valence-electron chi connectivity index (χ1n) is 13.8. The molecule has 0 N–H and O–H groups in total. The van der Waals surface area contributed by atoms with Crippen LogP contribution < -0.4 is 14.5 Å². The Morgan fingerprint density at radius 2 is 1.20 bits per heavy atom. The van der Waals surface area contributed by atoms with Crippen LogP contribution in [0.3, 0.4) is 0 Å². The summed E-state index contributed by atoms with van der Waals surface area (Å²) in [6, 6.07) is 48.1. The van der Waals surface area contributed by atoms with Crippen LogP contribution in [0.25, 0.3) is 27.6 Å². The summed E-state index contributed by atoms with van der Waals surface area (Å²) in [5, 5.41) is 2.36. The third kappa shape index (κ3) is 3.98. The molecule has 0 unspecified atom stereocenters. The fraction of sp³-hybridized carbons (Fsp3) is 0.0278. The molecular weight excluding hydrogens is 504 g/mol. The van der Waals surface area contributed by atoms with Crippen LogP contribution in [0, 0.1) is 0 Å². The molecule has 0 radical (unpaired) electrons. The van der Waals surface area contributed by atoms with Crippen molar-refractivity contribution in [1.82, 2.24) is 9.55 Å². The zero-order valence-electron chi connectivity index (χ0n) is 22.3. The van der Waals surface area contributed by atoms with E-state index in [0.29, 0.717) is 0 Å². The summed E-state index contributed by atoms with van der Waals surface area (Å²) < 4.78 is 8.70. The van der Waals surface area contributed by atoms with Crippen LogP contribution in [-0.2, 0) is 0 Å². The van der Waals surface area contributed by atoms with Gasteiger partial charge in [-0.1, -0.05) is 60.7 Å². The van der Waals surface area contributed by atoms with Crippen molar-refractivity contribution in [3.8, 4) is 17.3 Å². The molecular formula is C36H26N4O. The van der Waals surface area contributed by atoms with Gasteiger partial charge >= 0.3 is 0 Å². The monoisotopic (exact) mass is 530 g/mol. The Morgan fingerprint density at radius 3 is 2.02 bits per heavy atom. The topological polar surface area (TPSA) is 33.5 Å². The molecule has 5 heteroatoms. The summed E-state index contributed by atoms with van der Waals surface area (Å²) in [5.41, 5.74) is 6.80. The van der Waals surface area contributed by atoms with Gasteiger partial charge in [0, 0.05) is 40.5 Å². The summed E-state index contributed by atoms with van der Waals surface area (Å²) >= 11 is 0. The Balaban J connectivity index is 1.16. The first-order chi connectivity index (χ1) is 20.3. The molecule has 41 heavy (non-hydrogen) atoms. The number of anilines is 4. The van der Waals surface area contributed by atoms with Crippen LogP contribution in [0.15, 0.2) is 146 Å². The summed E-state index contributed by atoms with van der Waals surface area (Å²) in [4.78, 5) is 9.32. The zero-order valence-corrected chi connectivity index (χ0v) is 22.3. The molecule has 8 rings (SSSR count). The van der Waals surface area contributed by atoms with Gasteiger partial charge in [0.05, 0.1) is 22.4 Å². The average Bonchev–Trinajstić information content (AvgIpc) is 3.58. The van der Waals surface area contributed by atoms with Crippen LogP contribution in [-0.4, -0.2) is 16.2 Å².